The number of hydrogen-bond acceptors (Lipinski definition) is 4. The summed E-state index contributed by atoms with van der Waals surface area (Å²) >= 11 is 1.29. The first-order valence-corrected chi connectivity index (χ1v) is 11.5. The Morgan fingerprint density at radius 3 is 2.09 bits per heavy atom. The number of aryl methyl sites for hydroxylation is 1. The van der Waals surface area contributed by atoms with E-state index in [0.29, 0.717) is 29.3 Å². The molecule has 0 spiro atoms. The number of allylic oxidation sites excluding steroid dienone is 2. The molecule has 1 heterocycles. The van der Waals surface area contributed by atoms with Crippen LogP contribution in [0.25, 0.3) is 11.1 Å². The van der Waals surface area contributed by atoms with E-state index in [1.807, 2.05) is 45.0 Å². The third kappa shape index (κ3) is 4.63. The van der Waals surface area contributed by atoms with Crippen molar-refractivity contribution in [3.8, 4) is 11.1 Å². The van der Waals surface area contributed by atoms with E-state index in [1.54, 1.807) is 0 Å². The summed E-state index contributed by atoms with van der Waals surface area (Å²) in [6.45, 7) is 9.94. The van der Waals surface area contributed by atoms with Crippen molar-refractivity contribution in [1.29, 1.82) is 0 Å². The van der Waals surface area contributed by atoms with Gasteiger partial charge in [0.2, 0.25) is 5.91 Å². The van der Waals surface area contributed by atoms with Gasteiger partial charge in [-0.15, -0.1) is 11.3 Å². The number of benzene rings is 1. The lowest BCUT2D eigenvalue weighted by Gasteiger charge is -2.29. The molecule has 1 aliphatic carbocycles. The molecule has 0 bridgehead atoms. The number of nitrogens with one attached hydrogen (secondary N) is 1. The predicted octanol–water partition coefficient (Wildman–Crippen LogP) is 5.33. The molecule has 0 aliphatic heterocycles. The standard InChI is InChI=1S/C25H30N2O4S/c1-12(2)16-6-8-17(9-7-16)20-15(5)32-24(21(20)22(26)28)27-23(29)18-10-13(3)14(4)11-19(18)25(30)31/h6-9,12,18-19H,10-11H2,1-5H3,(H2,26,28)(H,27,29)(H,30,31)/t18-,19+/m1/s1. The third-order valence-electron chi connectivity index (χ3n) is 6.35. The summed E-state index contributed by atoms with van der Waals surface area (Å²) < 4.78 is 0. The van der Waals surface area contributed by atoms with Gasteiger partial charge in [0.1, 0.15) is 5.00 Å². The van der Waals surface area contributed by atoms with Crippen LogP contribution in [0, 0.1) is 18.8 Å². The molecule has 7 heteroatoms. The molecule has 2 atom stereocenters. The van der Waals surface area contributed by atoms with Crippen LogP contribution >= 0.6 is 11.3 Å². The number of aliphatic carboxylic acids is 1. The zero-order valence-electron chi connectivity index (χ0n) is 19.1. The zero-order valence-corrected chi connectivity index (χ0v) is 19.9. The maximum atomic E-state index is 13.1. The highest BCUT2D eigenvalue weighted by Crippen LogP contribution is 2.41. The summed E-state index contributed by atoms with van der Waals surface area (Å²) in [4.78, 5) is 38.2. The number of thiophene rings is 1. The number of carbonyl (C=O) groups is 3. The molecule has 4 N–H and O–H groups in total. The number of anilines is 1. The summed E-state index contributed by atoms with van der Waals surface area (Å²) in [5, 5.41) is 12.9. The van der Waals surface area contributed by atoms with Crippen molar-refractivity contribution in [2.45, 2.75) is 53.4 Å². The minimum absolute atomic E-state index is 0.268. The summed E-state index contributed by atoms with van der Waals surface area (Å²) in [5.74, 6) is -3.11. The highest BCUT2D eigenvalue weighted by atomic mass is 32.1. The van der Waals surface area contributed by atoms with Crippen molar-refractivity contribution in [2.75, 3.05) is 5.32 Å². The summed E-state index contributed by atoms with van der Waals surface area (Å²) in [7, 11) is 0. The molecule has 1 aromatic carbocycles. The summed E-state index contributed by atoms with van der Waals surface area (Å²) in [6, 6.07) is 7.97. The first-order chi connectivity index (χ1) is 15.0. The molecule has 0 radical (unpaired) electrons. The van der Waals surface area contributed by atoms with Gasteiger partial charge in [-0.25, -0.2) is 0 Å². The van der Waals surface area contributed by atoms with E-state index in [2.05, 4.69) is 19.2 Å². The van der Waals surface area contributed by atoms with Crippen LogP contribution in [-0.4, -0.2) is 22.9 Å². The van der Waals surface area contributed by atoms with Crippen LogP contribution in [0.1, 0.15) is 67.3 Å². The molecule has 1 aliphatic rings. The Bertz CT molecular complexity index is 1100. The number of rotatable bonds is 6. The minimum Gasteiger partial charge on any atom is -0.481 e. The molecule has 3 rings (SSSR count). The lowest BCUT2D eigenvalue weighted by molar-refractivity contribution is -0.146. The molecule has 0 fully saturated rings. The highest BCUT2D eigenvalue weighted by Gasteiger charge is 2.38. The fourth-order valence-corrected chi connectivity index (χ4v) is 5.37. The largest absolute Gasteiger partial charge is 0.481 e. The molecule has 6 nitrogen and oxygen atoms in total. The number of hydrogen-bond donors (Lipinski definition) is 3. The van der Waals surface area contributed by atoms with Crippen molar-refractivity contribution in [1.82, 2.24) is 0 Å². The Kier molecular flexibility index (Phi) is 6.88. The first kappa shape index (κ1) is 23.7. The molecule has 2 aromatic rings. The van der Waals surface area contributed by atoms with Gasteiger partial charge in [0.25, 0.3) is 5.91 Å². The molecule has 170 valence electrons. The van der Waals surface area contributed by atoms with Crippen LogP contribution in [0.2, 0.25) is 0 Å². The third-order valence-corrected chi connectivity index (χ3v) is 7.37. The second-order valence-corrected chi connectivity index (χ2v) is 10.1. The van der Waals surface area contributed by atoms with E-state index in [-0.39, 0.29) is 5.56 Å². The SMILES string of the molecule is CC1=C(C)C[C@@H](C(=O)Nc2sc(C)c(-c3ccc(C(C)C)cc3)c2C(N)=O)[C@@H](C(=O)O)C1. The predicted molar refractivity (Wildman–Crippen MR) is 128 cm³/mol. The number of carbonyl (C=O) groups excluding carboxylic acids is 2. The maximum Gasteiger partial charge on any atom is 0.307 e. The molecule has 0 saturated heterocycles. The van der Waals surface area contributed by atoms with E-state index in [9.17, 15) is 19.5 Å². The topological polar surface area (TPSA) is 109 Å². The Balaban J connectivity index is 1.97. The number of carboxylic acid groups (broad SMARTS) is 1. The molecule has 2 amide bonds. The van der Waals surface area contributed by atoms with Gasteiger partial charge in [-0.05, 0) is 50.7 Å². The van der Waals surface area contributed by atoms with Crippen LogP contribution in [0.5, 0.6) is 0 Å². The van der Waals surface area contributed by atoms with Gasteiger partial charge < -0.3 is 16.2 Å². The summed E-state index contributed by atoms with van der Waals surface area (Å²) in [6.07, 6.45) is 0.729. The lowest BCUT2D eigenvalue weighted by Crippen LogP contribution is -2.36. The maximum absolute atomic E-state index is 13.1. The Morgan fingerprint density at radius 2 is 1.59 bits per heavy atom. The van der Waals surface area contributed by atoms with Crippen LogP contribution in [0.4, 0.5) is 5.00 Å². The minimum atomic E-state index is -0.986. The Morgan fingerprint density at radius 1 is 1.03 bits per heavy atom. The monoisotopic (exact) mass is 454 g/mol. The average Bonchev–Trinajstić information content (AvgIpc) is 3.05. The molecular formula is C25H30N2O4S. The van der Waals surface area contributed by atoms with Gasteiger partial charge in [-0.1, -0.05) is 49.3 Å². The van der Waals surface area contributed by atoms with Gasteiger partial charge in [0, 0.05) is 10.4 Å². The van der Waals surface area contributed by atoms with Gasteiger partial charge in [-0.3, -0.25) is 14.4 Å². The van der Waals surface area contributed by atoms with Gasteiger partial charge in [-0.2, -0.15) is 0 Å². The van der Waals surface area contributed by atoms with E-state index in [4.69, 9.17) is 5.73 Å². The Labute approximate surface area is 192 Å². The fraction of sp³-hybridized carbons (Fsp3) is 0.400. The normalized spacial score (nSPS) is 18.7. The Hall–Kier alpha value is -2.93. The van der Waals surface area contributed by atoms with Crippen molar-refractivity contribution in [2.24, 2.45) is 17.6 Å². The fourth-order valence-electron chi connectivity index (χ4n) is 4.28. The summed E-state index contributed by atoms with van der Waals surface area (Å²) in [5.41, 5.74) is 10.8. The van der Waals surface area contributed by atoms with Crippen molar-refractivity contribution in [3.63, 3.8) is 0 Å². The molecule has 32 heavy (non-hydrogen) atoms. The quantitative estimate of drug-likeness (QED) is 0.512. The lowest BCUT2D eigenvalue weighted by atomic mass is 9.76. The van der Waals surface area contributed by atoms with E-state index in [0.717, 1.165) is 21.6 Å². The molecular weight excluding hydrogens is 424 g/mol. The van der Waals surface area contributed by atoms with E-state index >= 15 is 0 Å². The van der Waals surface area contributed by atoms with Crippen LogP contribution < -0.4 is 11.1 Å². The van der Waals surface area contributed by atoms with Gasteiger partial charge in [0.15, 0.2) is 0 Å². The molecule has 0 unspecified atom stereocenters. The highest BCUT2D eigenvalue weighted by molar-refractivity contribution is 7.17. The van der Waals surface area contributed by atoms with Crippen molar-refractivity contribution >= 4 is 34.1 Å². The zero-order chi connectivity index (χ0) is 23.7. The van der Waals surface area contributed by atoms with Gasteiger partial charge in [0.05, 0.1) is 17.4 Å². The molecule has 0 saturated carbocycles. The smallest absolute Gasteiger partial charge is 0.307 e. The van der Waals surface area contributed by atoms with E-state index < -0.39 is 29.6 Å². The first-order valence-electron chi connectivity index (χ1n) is 10.7. The number of amides is 2. The van der Waals surface area contributed by atoms with E-state index in [1.165, 1.54) is 16.9 Å². The second kappa shape index (κ2) is 9.28. The number of carboxylic acids is 1. The average molecular weight is 455 g/mol. The second-order valence-electron chi connectivity index (χ2n) is 8.89. The van der Waals surface area contributed by atoms with Crippen molar-refractivity contribution < 1.29 is 19.5 Å². The van der Waals surface area contributed by atoms with Crippen LogP contribution in [-0.2, 0) is 9.59 Å². The van der Waals surface area contributed by atoms with Crippen molar-refractivity contribution in [3.05, 3.63) is 51.4 Å². The number of primary amides is 1. The molecule has 1 aromatic heterocycles. The van der Waals surface area contributed by atoms with Crippen LogP contribution in [0.3, 0.4) is 0 Å². The number of nitrogens with two attached hydrogens (primary N) is 1. The van der Waals surface area contributed by atoms with Gasteiger partial charge >= 0.3 is 5.97 Å². The van der Waals surface area contributed by atoms with Crippen LogP contribution in [0.15, 0.2) is 35.4 Å².